The second-order valence-corrected chi connectivity index (χ2v) is 5.46. The quantitative estimate of drug-likeness (QED) is 0.728. The van der Waals surface area contributed by atoms with Crippen LogP contribution in [-0.4, -0.2) is 56.5 Å². The Morgan fingerprint density at radius 1 is 1.38 bits per heavy atom. The average molecular weight is 226 g/mol. The highest BCUT2D eigenvalue weighted by Crippen LogP contribution is 2.67. The van der Waals surface area contributed by atoms with E-state index in [1.807, 2.05) is 0 Å². The van der Waals surface area contributed by atoms with Crippen LogP contribution < -0.4 is 5.73 Å². The van der Waals surface area contributed by atoms with Crippen molar-refractivity contribution in [2.24, 2.45) is 11.1 Å². The lowest BCUT2D eigenvalue weighted by atomic mass is 10.3. The molecule has 2 aliphatic carbocycles. The first kappa shape index (κ1) is 11.0. The third kappa shape index (κ3) is 2.25. The maximum Gasteiger partial charge on any atom is 0.0827 e. The molecular weight excluding hydrogens is 204 g/mol. The number of nitrogens with zero attached hydrogens (tertiary/aromatic N) is 1. The third-order valence-corrected chi connectivity index (χ3v) is 4.19. The van der Waals surface area contributed by atoms with E-state index in [-0.39, 0.29) is 6.10 Å². The minimum atomic E-state index is 0.225. The van der Waals surface area contributed by atoms with Crippen molar-refractivity contribution < 1.29 is 9.47 Å². The van der Waals surface area contributed by atoms with Crippen LogP contribution in [0.15, 0.2) is 0 Å². The highest BCUT2D eigenvalue weighted by atomic mass is 16.5. The Hall–Kier alpha value is -0.160. The maximum atomic E-state index is 6.08. The predicted molar refractivity (Wildman–Crippen MR) is 61.3 cm³/mol. The minimum Gasteiger partial charge on any atom is -0.379 e. The Kier molecular flexibility index (Phi) is 2.92. The summed E-state index contributed by atoms with van der Waals surface area (Å²) in [5.41, 5.74) is 6.42. The summed E-state index contributed by atoms with van der Waals surface area (Å²) in [4.78, 5) is 2.41. The molecule has 1 saturated heterocycles. The number of nitrogens with two attached hydrogens (primary N) is 1. The fraction of sp³-hybridized carbons (Fsp3) is 1.00. The van der Waals surface area contributed by atoms with Gasteiger partial charge in [-0.25, -0.2) is 0 Å². The van der Waals surface area contributed by atoms with Crippen molar-refractivity contribution in [2.75, 3.05) is 39.4 Å². The number of ether oxygens (including phenoxy) is 2. The first-order chi connectivity index (χ1) is 7.82. The van der Waals surface area contributed by atoms with Crippen LogP contribution >= 0.6 is 0 Å². The largest absolute Gasteiger partial charge is 0.379 e. The number of morpholine rings is 1. The van der Waals surface area contributed by atoms with Crippen molar-refractivity contribution in [3.63, 3.8) is 0 Å². The van der Waals surface area contributed by atoms with Crippen LogP contribution in [0.25, 0.3) is 0 Å². The summed E-state index contributed by atoms with van der Waals surface area (Å²) in [5.74, 6) is 0. The van der Waals surface area contributed by atoms with Crippen LogP contribution in [0.5, 0.6) is 0 Å². The molecular formula is C12H22N2O2. The van der Waals surface area contributed by atoms with Gasteiger partial charge in [0.15, 0.2) is 0 Å². The van der Waals surface area contributed by atoms with Gasteiger partial charge in [0.1, 0.15) is 0 Å². The van der Waals surface area contributed by atoms with E-state index in [0.29, 0.717) is 18.1 Å². The molecule has 1 spiro atoms. The van der Waals surface area contributed by atoms with Crippen LogP contribution in [0, 0.1) is 5.41 Å². The predicted octanol–water partition coefficient (Wildman–Crippen LogP) is 0.215. The van der Waals surface area contributed by atoms with Crippen LogP contribution in [0.3, 0.4) is 0 Å². The summed E-state index contributed by atoms with van der Waals surface area (Å²) >= 11 is 0. The van der Waals surface area contributed by atoms with Gasteiger partial charge in [-0.1, -0.05) is 0 Å². The summed E-state index contributed by atoms with van der Waals surface area (Å²) < 4.78 is 11.4. The molecule has 4 nitrogen and oxygen atoms in total. The Bertz CT molecular complexity index is 249. The monoisotopic (exact) mass is 226 g/mol. The average Bonchev–Trinajstić information content (AvgIpc) is 3.22. The van der Waals surface area contributed by atoms with E-state index >= 15 is 0 Å². The van der Waals surface area contributed by atoms with Crippen LogP contribution in [0.4, 0.5) is 0 Å². The van der Waals surface area contributed by atoms with Crippen molar-refractivity contribution in [1.82, 2.24) is 4.90 Å². The number of rotatable bonds is 5. The fourth-order valence-electron chi connectivity index (χ4n) is 2.67. The molecule has 0 aromatic carbocycles. The summed E-state index contributed by atoms with van der Waals surface area (Å²) in [7, 11) is 0. The lowest BCUT2D eigenvalue weighted by Gasteiger charge is -2.30. The van der Waals surface area contributed by atoms with E-state index < -0.39 is 0 Å². The molecule has 2 saturated carbocycles. The van der Waals surface area contributed by atoms with Crippen molar-refractivity contribution in [3.8, 4) is 0 Å². The minimum absolute atomic E-state index is 0.225. The van der Waals surface area contributed by atoms with Gasteiger partial charge in [0.25, 0.3) is 0 Å². The van der Waals surface area contributed by atoms with Crippen molar-refractivity contribution in [1.29, 1.82) is 0 Å². The van der Waals surface area contributed by atoms with Crippen LogP contribution in [0.1, 0.15) is 19.3 Å². The molecule has 0 bridgehead atoms. The zero-order valence-corrected chi connectivity index (χ0v) is 9.86. The van der Waals surface area contributed by atoms with Crippen LogP contribution in [-0.2, 0) is 9.47 Å². The Morgan fingerprint density at radius 3 is 2.69 bits per heavy atom. The van der Waals surface area contributed by atoms with Crippen molar-refractivity contribution in [2.45, 2.75) is 31.5 Å². The number of hydrogen-bond donors (Lipinski definition) is 1. The highest BCUT2D eigenvalue weighted by Gasteiger charge is 2.64. The molecule has 2 unspecified atom stereocenters. The molecule has 2 atom stereocenters. The van der Waals surface area contributed by atoms with Crippen LogP contribution in [0.2, 0.25) is 0 Å². The number of hydrogen-bond acceptors (Lipinski definition) is 4. The molecule has 1 heterocycles. The summed E-state index contributed by atoms with van der Waals surface area (Å²) in [5, 5.41) is 0. The third-order valence-electron chi connectivity index (χ3n) is 4.19. The molecule has 1 aliphatic heterocycles. The van der Waals surface area contributed by atoms with Gasteiger partial charge in [-0.05, 0) is 24.7 Å². The van der Waals surface area contributed by atoms with Gasteiger partial charge in [0.05, 0.1) is 25.4 Å². The van der Waals surface area contributed by atoms with Gasteiger partial charge in [-0.15, -0.1) is 0 Å². The maximum absolute atomic E-state index is 6.08. The van der Waals surface area contributed by atoms with Gasteiger partial charge in [-0.3, -0.25) is 4.90 Å². The molecule has 3 rings (SSSR count). The van der Waals surface area contributed by atoms with Gasteiger partial charge >= 0.3 is 0 Å². The van der Waals surface area contributed by atoms with E-state index in [0.717, 1.165) is 32.8 Å². The van der Waals surface area contributed by atoms with Gasteiger partial charge < -0.3 is 15.2 Å². The molecule has 16 heavy (non-hydrogen) atoms. The molecule has 3 aliphatic rings. The Balaban J connectivity index is 1.43. The molecule has 0 radical (unpaired) electrons. The molecule has 3 fully saturated rings. The lowest BCUT2D eigenvalue weighted by molar-refractivity contribution is -0.0188. The van der Waals surface area contributed by atoms with Gasteiger partial charge in [-0.2, -0.15) is 0 Å². The molecule has 4 heteroatoms. The second-order valence-electron chi connectivity index (χ2n) is 5.46. The van der Waals surface area contributed by atoms with Crippen molar-refractivity contribution >= 4 is 0 Å². The molecule has 0 aromatic heterocycles. The van der Waals surface area contributed by atoms with Crippen molar-refractivity contribution in [3.05, 3.63) is 0 Å². The normalized spacial score (nSPS) is 33.9. The van der Waals surface area contributed by atoms with Gasteiger partial charge in [0, 0.05) is 26.2 Å². The topological polar surface area (TPSA) is 47.7 Å². The van der Waals surface area contributed by atoms with Gasteiger partial charge in [0.2, 0.25) is 0 Å². The zero-order chi connectivity index (χ0) is 11.0. The van der Waals surface area contributed by atoms with E-state index in [2.05, 4.69) is 4.90 Å². The standard InChI is InChI=1S/C12H22N2O2/c13-8-10(9-14-3-5-15-6-4-14)16-11-7-12(11)1-2-12/h10-11H,1-9,13H2. The van der Waals surface area contributed by atoms with E-state index in [4.69, 9.17) is 15.2 Å². The van der Waals surface area contributed by atoms with E-state index in [9.17, 15) is 0 Å². The zero-order valence-electron chi connectivity index (χ0n) is 9.86. The first-order valence-electron chi connectivity index (χ1n) is 6.48. The molecule has 92 valence electrons. The highest BCUT2D eigenvalue weighted by molar-refractivity contribution is 5.14. The fourth-order valence-corrected chi connectivity index (χ4v) is 2.67. The lowest BCUT2D eigenvalue weighted by Crippen LogP contribution is -2.44. The summed E-state index contributed by atoms with van der Waals surface area (Å²) in [6, 6.07) is 0. The smallest absolute Gasteiger partial charge is 0.0827 e. The Labute approximate surface area is 97.1 Å². The molecule has 0 amide bonds. The summed E-state index contributed by atoms with van der Waals surface area (Å²) in [6.45, 7) is 5.37. The first-order valence-corrected chi connectivity index (χ1v) is 6.48. The summed E-state index contributed by atoms with van der Waals surface area (Å²) in [6.07, 6.45) is 4.80. The molecule has 2 N–H and O–H groups in total. The Morgan fingerprint density at radius 2 is 2.12 bits per heavy atom. The van der Waals surface area contributed by atoms with E-state index in [1.165, 1.54) is 19.3 Å². The molecule has 0 aromatic rings. The second kappa shape index (κ2) is 4.26. The SMILES string of the molecule is NCC(CN1CCOCC1)OC1CC12CC2. The van der Waals surface area contributed by atoms with E-state index in [1.54, 1.807) is 0 Å².